The molecule has 0 N–H and O–H groups in total. The number of quaternary nitrogens is 1. The van der Waals surface area contributed by atoms with Gasteiger partial charge in [-0.1, -0.05) is 225 Å². The third-order valence-electron chi connectivity index (χ3n) is 12.7. The van der Waals surface area contributed by atoms with Gasteiger partial charge in [0.15, 0.2) is 6.10 Å². The molecule has 8 heteroatoms. The number of hydrogen-bond acceptors (Lipinski definition) is 7. The molecule has 0 aliphatic rings. The van der Waals surface area contributed by atoms with Crippen molar-refractivity contribution in [1.82, 2.24) is 0 Å². The van der Waals surface area contributed by atoms with E-state index in [0.29, 0.717) is 12.8 Å². The Morgan fingerprint density at radius 2 is 0.794 bits per heavy atom. The van der Waals surface area contributed by atoms with Gasteiger partial charge in [0.1, 0.15) is 12.6 Å². The number of unbranched alkanes of at least 4 members (excludes halogenated alkanes) is 34. The summed E-state index contributed by atoms with van der Waals surface area (Å²) >= 11 is 0. The van der Waals surface area contributed by atoms with Crippen molar-refractivity contribution < 1.29 is 38.2 Å². The molecule has 0 radical (unpaired) electrons. The Morgan fingerprint density at radius 3 is 1.14 bits per heavy atom. The number of allylic oxidation sites excluding steroid dienone is 2. The maximum atomic E-state index is 12.8. The molecule has 0 aliphatic carbocycles. The second kappa shape index (κ2) is 46.6. The van der Waals surface area contributed by atoms with Crippen LogP contribution in [0, 0.1) is 0 Å². The number of ether oxygens (including phenoxy) is 3. The molecule has 0 aromatic heterocycles. The van der Waals surface area contributed by atoms with Crippen LogP contribution in [0.2, 0.25) is 0 Å². The van der Waals surface area contributed by atoms with Gasteiger partial charge >= 0.3 is 11.9 Å². The van der Waals surface area contributed by atoms with Crippen LogP contribution < -0.4 is 5.11 Å². The first-order valence-corrected chi connectivity index (χ1v) is 27.2. The average molecular weight is 892 g/mol. The molecule has 2 atom stereocenters. The lowest BCUT2D eigenvalue weighted by Crippen LogP contribution is -2.55. The summed E-state index contributed by atoms with van der Waals surface area (Å²) in [7, 11) is 5.43. The summed E-state index contributed by atoms with van der Waals surface area (Å²) in [5.41, 5.74) is 0. The zero-order valence-electron chi connectivity index (χ0n) is 42.5. The number of esters is 2. The first kappa shape index (κ1) is 61.1. The Morgan fingerprint density at radius 1 is 0.460 bits per heavy atom. The molecule has 0 fully saturated rings. The Hall–Kier alpha value is -1.93. The number of likely N-dealkylation sites (N-methyl/N-ethyl adjacent to an activating group) is 1. The topological polar surface area (TPSA) is 102 Å². The van der Waals surface area contributed by atoms with Crippen LogP contribution in [0.5, 0.6) is 0 Å². The summed E-state index contributed by atoms with van der Waals surface area (Å²) in [6.07, 6.45) is 52.4. The second-order valence-electron chi connectivity index (χ2n) is 19.8. The smallest absolute Gasteiger partial charge is 0.306 e. The number of carboxylic acid groups (broad SMARTS) is 1. The van der Waals surface area contributed by atoms with E-state index in [9.17, 15) is 19.5 Å². The van der Waals surface area contributed by atoms with E-state index in [-0.39, 0.29) is 42.7 Å². The number of carboxylic acids is 1. The van der Waals surface area contributed by atoms with Gasteiger partial charge in [-0.2, -0.15) is 0 Å². The fraction of sp³-hybridized carbons (Fsp3) is 0.909. The monoisotopic (exact) mass is 892 g/mol. The molecular weight excluding hydrogens is 787 g/mol. The zero-order chi connectivity index (χ0) is 46.3. The van der Waals surface area contributed by atoms with E-state index in [4.69, 9.17) is 14.2 Å². The van der Waals surface area contributed by atoms with Crippen molar-refractivity contribution in [1.29, 1.82) is 0 Å². The first-order chi connectivity index (χ1) is 30.6. The number of rotatable bonds is 50. The highest BCUT2D eigenvalue weighted by Gasteiger charge is 2.25. The summed E-state index contributed by atoms with van der Waals surface area (Å²) in [4.78, 5) is 37.1. The summed E-state index contributed by atoms with van der Waals surface area (Å²) in [5.74, 6) is -1.72. The maximum absolute atomic E-state index is 12.8. The third kappa shape index (κ3) is 45.0. The molecule has 0 rings (SSSR count). The number of carbonyl (C=O) groups excluding carboxylic acids is 3. The lowest BCUT2D eigenvalue weighted by Gasteiger charge is -2.34. The highest BCUT2D eigenvalue weighted by Crippen LogP contribution is 2.17. The van der Waals surface area contributed by atoms with E-state index in [1.165, 1.54) is 199 Å². The Labute approximate surface area is 390 Å². The van der Waals surface area contributed by atoms with Crippen molar-refractivity contribution in [2.45, 2.75) is 283 Å². The molecular formula is C55H105NO7. The predicted molar refractivity (Wildman–Crippen MR) is 264 cm³/mol. The van der Waals surface area contributed by atoms with Crippen molar-refractivity contribution >= 4 is 17.9 Å². The maximum Gasteiger partial charge on any atom is 0.306 e. The molecule has 0 saturated heterocycles. The SMILES string of the molecule is CCCCCCCCCCCC/C=C/CCCCCCCCCC(=O)OCC(COCCC(C(=O)[O-])[N+](C)(C)C)OC(=O)CCCCCCCCCCCCCCCCCCCC. The average Bonchev–Trinajstić information content (AvgIpc) is 3.24. The summed E-state index contributed by atoms with van der Waals surface area (Å²) in [5, 5.41) is 11.7. The predicted octanol–water partition coefficient (Wildman–Crippen LogP) is 14.5. The van der Waals surface area contributed by atoms with Crippen molar-refractivity contribution in [3.05, 3.63) is 12.2 Å². The van der Waals surface area contributed by atoms with Gasteiger partial charge in [0, 0.05) is 19.3 Å². The molecule has 0 bridgehead atoms. The Bertz CT molecular complexity index is 1040. The molecule has 0 amide bonds. The number of hydrogen-bond donors (Lipinski definition) is 0. The van der Waals surface area contributed by atoms with Gasteiger partial charge in [0.2, 0.25) is 0 Å². The molecule has 0 aromatic carbocycles. The molecule has 372 valence electrons. The van der Waals surface area contributed by atoms with Crippen molar-refractivity contribution in [3.63, 3.8) is 0 Å². The van der Waals surface area contributed by atoms with Crippen molar-refractivity contribution in [3.8, 4) is 0 Å². The van der Waals surface area contributed by atoms with Crippen LogP contribution in [-0.4, -0.2) is 75.5 Å². The standard InChI is InChI=1S/C55H105NO7/c1-6-8-10-12-14-16-18-20-22-24-26-27-28-30-31-33-35-37-39-41-43-45-53(57)62-50-51(49-61-48-47-52(55(59)60)56(3,4)5)63-54(58)46-44-42-40-38-36-34-32-29-25-23-21-19-17-15-13-11-9-7-2/h27-28,51-52H,6-26,29-50H2,1-5H3/b28-27+. The van der Waals surface area contributed by atoms with Gasteiger partial charge in [-0.25, -0.2) is 0 Å². The fourth-order valence-electron chi connectivity index (χ4n) is 8.42. The fourth-order valence-corrected chi connectivity index (χ4v) is 8.42. The molecule has 8 nitrogen and oxygen atoms in total. The van der Waals surface area contributed by atoms with Crippen molar-refractivity contribution in [2.24, 2.45) is 0 Å². The molecule has 63 heavy (non-hydrogen) atoms. The van der Waals surface area contributed by atoms with Gasteiger partial charge in [0.05, 0.1) is 40.3 Å². The van der Waals surface area contributed by atoms with E-state index in [1.54, 1.807) is 0 Å². The minimum absolute atomic E-state index is 0.0458. The Kier molecular flexibility index (Phi) is 45.2. The largest absolute Gasteiger partial charge is 0.544 e. The van der Waals surface area contributed by atoms with Gasteiger partial charge in [0.25, 0.3) is 0 Å². The Balaban J connectivity index is 4.17. The van der Waals surface area contributed by atoms with Crippen LogP contribution in [0.3, 0.4) is 0 Å². The second-order valence-corrected chi connectivity index (χ2v) is 19.8. The molecule has 0 aromatic rings. The highest BCUT2D eigenvalue weighted by molar-refractivity contribution is 5.70. The number of aliphatic carboxylic acids is 1. The van der Waals surface area contributed by atoms with Gasteiger partial charge < -0.3 is 28.6 Å². The van der Waals surface area contributed by atoms with Crippen molar-refractivity contribution in [2.75, 3.05) is 41.0 Å². The van der Waals surface area contributed by atoms with E-state index in [2.05, 4.69) is 26.0 Å². The molecule has 0 aliphatic heterocycles. The third-order valence-corrected chi connectivity index (χ3v) is 12.7. The van der Waals surface area contributed by atoms with Crippen LogP contribution in [0.15, 0.2) is 12.2 Å². The minimum Gasteiger partial charge on any atom is -0.544 e. The molecule has 0 spiro atoms. The zero-order valence-corrected chi connectivity index (χ0v) is 42.5. The first-order valence-electron chi connectivity index (χ1n) is 27.2. The van der Waals surface area contributed by atoms with E-state index >= 15 is 0 Å². The normalized spacial score (nSPS) is 12.8. The summed E-state index contributed by atoms with van der Waals surface area (Å²) in [6, 6.07) is -0.723. The van der Waals surface area contributed by atoms with E-state index in [0.717, 1.165) is 38.5 Å². The van der Waals surface area contributed by atoms with Crippen LogP contribution in [-0.2, 0) is 28.6 Å². The summed E-state index contributed by atoms with van der Waals surface area (Å²) < 4.78 is 17.3. The van der Waals surface area contributed by atoms with E-state index < -0.39 is 18.1 Å². The van der Waals surface area contributed by atoms with Crippen LogP contribution in [0.4, 0.5) is 0 Å². The van der Waals surface area contributed by atoms with E-state index in [1.807, 2.05) is 21.1 Å². The van der Waals surface area contributed by atoms with Crippen LogP contribution >= 0.6 is 0 Å². The van der Waals surface area contributed by atoms with Gasteiger partial charge in [-0.15, -0.1) is 0 Å². The van der Waals surface area contributed by atoms with Gasteiger partial charge in [-0.3, -0.25) is 9.59 Å². The van der Waals surface area contributed by atoms with Gasteiger partial charge in [-0.05, 0) is 38.5 Å². The van der Waals surface area contributed by atoms with Crippen LogP contribution in [0.1, 0.15) is 271 Å². The molecule has 0 heterocycles. The summed E-state index contributed by atoms with van der Waals surface area (Å²) in [6.45, 7) is 4.72. The highest BCUT2D eigenvalue weighted by atomic mass is 16.6. The number of nitrogens with zero attached hydrogens (tertiary/aromatic N) is 1. The molecule has 0 saturated carbocycles. The minimum atomic E-state index is -1.12. The quantitative estimate of drug-likeness (QED) is 0.0259. The van der Waals surface area contributed by atoms with Crippen LogP contribution in [0.25, 0.3) is 0 Å². The lowest BCUT2D eigenvalue weighted by molar-refractivity contribution is -0.889. The lowest BCUT2D eigenvalue weighted by atomic mass is 10.0. The molecule has 2 unspecified atom stereocenters. The number of carbonyl (C=O) groups is 3.